The monoisotopic (exact) mass is 539 g/mol. The summed E-state index contributed by atoms with van der Waals surface area (Å²) in [6, 6.07) is 41.4. The van der Waals surface area contributed by atoms with Crippen LogP contribution in [0.1, 0.15) is 22.3 Å². The molecule has 2 aromatic heterocycles. The van der Waals surface area contributed by atoms with E-state index in [-0.39, 0.29) is 0 Å². The van der Waals surface area contributed by atoms with Crippen molar-refractivity contribution in [3.8, 4) is 45.1 Å². The molecule has 0 aliphatic rings. The molecule has 0 fully saturated rings. The lowest BCUT2D eigenvalue weighted by Gasteiger charge is -2.16. The molecular weight excluding hydrogens is 510 g/mol. The Labute approximate surface area is 246 Å². The molecule has 0 N–H and O–H groups in total. The quantitative estimate of drug-likeness (QED) is 0.223. The van der Waals surface area contributed by atoms with Gasteiger partial charge in [-0.05, 0) is 90.6 Å². The minimum Gasteiger partial charge on any atom is -0.309 e. The number of aryl methyl sites for hydroxylation is 3. The fraction of sp³-hybridized carbons (Fsp3) is 0.0769. The topological polar surface area (TPSA) is 41.6 Å². The zero-order valence-electron chi connectivity index (χ0n) is 23.9. The van der Waals surface area contributed by atoms with Crippen molar-refractivity contribution in [1.29, 1.82) is 5.26 Å². The maximum absolute atomic E-state index is 10.1. The summed E-state index contributed by atoms with van der Waals surface area (Å²) >= 11 is 0. The molecule has 2 heterocycles. The summed E-state index contributed by atoms with van der Waals surface area (Å²) in [5.74, 6) is 0. The van der Waals surface area contributed by atoms with E-state index < -0.39 is 0 Å². The Morgan fingerprint density at radius 1 is 0.571 bits per heavy atom. The van der Waals surface area contributed by atoms with Gasteiger partial charge >= 0.3 is 0 Å². The molecule has 0 unspecified atom stereocenters. The third-order valence-corrected chi connectivity index (χ3v) is 8.16. The lowest BCUT2D eigenvalue weighted by atomic mass is 9.97. The Kier molecular flexibility index (Phi) is 6.18. The van der Waals surface area contributed by atoms with E-state index in [0.29, 0.717) is 5.56 Å². The highest BCUT2D eigenvalue weighted by Crippen LogP contribution is 2.39. The van der Waals surface area contributed by atoms with Crippen LogP contribution in [0.25, 0.3) is 60.9 Å². The second-order valence-electron chi connectivity index (χ2n) is 11.1. The maximum Gasteiger partial charge on any atom is 0.0998 e. The number of pyridine rings is 1. The molecule has 42 heavy (non-hydrogen) atoms. The number of aromatic nitrogens is 2. The van der Waals surface area contributed by atoms with Crippen molar-refractivity contribution in [3.05, 3.63) is 144 Å². The summed E-state index contributed by atoms with van der Waals surface area (Å²) in [4.78, 5) is 4.20. The predicted octanol–water partition coefficient (Wildman–Crippen LogP) is 9.98. The van der Waals surface area contributed by atoms with E-state index in [0.717, 1.165) is 33.4 Å². The minimum atomic E-state index is 0.657. The summed E-state index contributed by atoms with van der Waals surface area (Å²) in [6.45, 7) is 6.36. The van der Waals surface area contributed by atoms with E-state index in [1.165, 1.54) is 44.2 Å². The molecule has 0 aliphatic heterocycles. The van der Waals surface area contributed by atoms with E-state index in [1.807, 2.05) is 18.2 Å². The van der Waals surface area contributed by atoms with Gasteiger partial charge in [-0.25, -0.2) is 0 Å². The van der Waals surface area contributed by atoms with Gasteiger partial charge in [-0.15, -0.1) is 0 Å². The van der Waals surface area contributed by atoms with Crippen LogP contribution in [0, 0.1) is 32.1 Å². The van der Waals surface area contributed by atoms with Crippen LogP contribution in [0.2, 0.25) is 0 Å². The number of nitriles is 1. The first-order valence-electron chi connectivity index (χ1n) is 14.2. The van der Waals surface area contributed by atoms with Crippen LogP contribution in [0.4, 0.5) is 0 Å². The average Bonchev–Trinajstić information content (AvgIpc) is 3.34. The number of nitrogens with zero attached hydrogens (tertiary/aromatic N) is 3. The minimum absolute atomic E-state index is 0.657. The van der Waals surface area contributed by atoms with Gasteiger partial charge in [0.1, 0.15) is 0 Å². The van der Waals surface area contributed by atoms with E-state index in [2.05, 4.69) is 127 Å². The normalized spacial score (nSPS) is 11.2. The average molecular weight is 540 g/mol. The molecule has 0 aliphatic carbocycles. The number of benzene rings is 5. The van der Waals surface area contributed by atoms with Gasteiger partial charge < -0.3 is 4.57 Å². The van der Waals surface area contributed by atoms with Crippen molar-refractivity contribution < 1.29 is 0 Å². The van der Waals surface area contributed by atoms with Crippen LogP contribution >= 0.6 is 0 Å². The summed E-state index contributed by atoms with van der Waals surface area (Å²) in [7, 11) is 0. The molecule has 3 heteroatoms. The van der Waals surface area contributed by atoms with Crippen LogP contribution in [0.5, 0.6) is 0 Å². The number of hydrogen-bond acceptors (Lipinski definition) is 2. The van der Waals surface area contributed by atoms with Gasteiger partial charge in [0, 0.05) is 34.4 Å². The second kappa shape index (κ2) is 10.2. The van der Waals surface area contributed by atoms with Crippen LogP contribution < -0.4 is 0 Å². The van der Waals surface area contributed by atoms with Crippen molar-refractivity contribution in [2.24, 2.45) is 0 Å². The summed E-state index contributed by atoms with van der Waals surface area (Å²) in [5.41, 5.74) is 14.1. The molecular formula is C39H29N3. The van der Waals surface area contributed by atoms with Crippen molar-refractivity contribution in [2.45, 2.75) is 20.8 Å². The standard InChI is InChI=1S/C39H29N3/c1-25-6-4-8-29(18-25)31-10-12-34-35-13-11-32(30-9-5-7-26(2)19-30)22-39(35)42(38(34)21-31)37-23-36(28-14-16-41-17-15-28)33(24-40)20-27(37)3/h4-23H,1-3H3. The van der Waals surface area contributed by atoms with Crippen LogP contribution in [0.15, 0.2) is 122 Å². The van der Waals surface area contributed by atoms with Gasteiger partial charge in [-0.1, -0.05) is 83.9 Å². The highest BCUT2D eigenvalue weighted by atomic mass is 15.0. The van der Waals surface area contributed by atoms with Gasteiger partial charge in [-0.2, -0.15) is 5.26 Å². The van der Waals surface area contributed by atoms with Crippen molar-refractivity contribution in [3.63, 3.8) is 0 Å². The smallest absolute Gasteiger partial charge is 0.0998 e. The Balaban J connectivity index is 1.57. The molecule has 0 atom stereocenters. The Morgan fingerprint density at radius 2 is 1.12 bits per heavy atom. The first kappa shape index (κ1) is 25.5. The maximum atomic E-state index is 10.1. The predicted molar refractivity (Wildman–Crippen MR) is 174 cm³/mol. The zero-order chi connectivity index (χ0) is 28.8. The molecule has 5 aromatic carbocycles. The summed E-state index contributed by atoms with van der Waals surface area (Å²) in [5, 5.41) is 12.5. The molecule has 0 bridgehead atoms. The first-order valence-corrected chi connectivity index (χ1v) is 14.2. The second-order valence-corrected chi connectivity index (χ2v) is 11.1. The lowest BCUT2D eigenvalue weighted by molar-refractivity contribution is 1.15. The van der Waals surface area contributed by atoms with E-state index in [1.54, 1.807) is 12.4 Å². The van der Waals surface area contributed by atoms with Crippen LogP contribution in [-0.4, -0.2) is 9.55 Å². The largest absolute Gasteiger partial charge is 0.309 e. The van der Waals surface area contributed by atoms with Gasteiger partial charge in [0.05, 0.1) is 22.7 Å². The van der Waals surface area contributed by atoms with Crippen molar-refractivity contribution in [1.82, 2.24) is 9.55 Å². The van der Waals surface area contributed by atoms with E-state index in [9.17, 15) is 5.26 Å². The fourth-order valence-electron chi connectivity index (χ4n) is 6.09. The summed E-state index contributed by atoms with van der Waals surface area (Å²) < 4.78 is 2.38. The van der Waals surface area contributed by atoms with Gasteiger partial charge in [0.2, 0.25) is 0 Å². The highest BCUT2D eigenvalue weighted by molar-refractivity contribution is 6.11. The molecule has 0 spiro atoms. The molecule has 200 valence electrons. The van der Waals surface area contributed by atoms with E-state index >= 15 is 0 Å². The molecule has 0 radical (unpaired) electrons. The van der Waals surface area contributed by atoms with Gasteiger partial charge in [0.15, 0.2) is 0 Å². The van der Waals surface area contributed by atoms with Gasteiger partial charge in [0.25, 0.3) is 0 Å². The highest BCUT2D eigenvalue weighted by Gasteiger charge is 2.18. The molecule has 7 aromatic rings. The third kappa shape index (κ3) is 4.35. The molecule has 0 saturated carbocycles. The Bertz CT molecular complexity index is 2080. The zero-order valence-corrected chi connectivity index (χ0v) is 23.9. The Morgan fingerprint density at radius 3 is 1.64 bits per heavy atom. The fourth-order valence-corrected chi connectivity index (χ4v) is 6.09. The number of fused-ring (bicyclic) bond motifs is 3. The van der Waals surface area contributed by atoms with Gasteiger partial charge in [-0.3, -0.25) is 4.98 Å². The molecule has 3 nitrogen and oxygen atoms in total. The SMILES string of the molecule is Cc1cccc(-c2ccc3c4ccc(-c5cccc(C)c5)cc4n(-c4cc(-c5ccncc5)c(C#N)cc4C)c3c2)c1. The van der Waals surface area contributed by atoms with Crippen LogP contribution in [0.3, 0.4) is 0 Å². The first-order chi connectivity index (χ1) is 20.5. The number of hydrogen-bond donors (Lipinski definition) is 0. The van der Waals surface area contributed by atoms with E-state index in [4.69, 9.17) is 0 Å². The van der Waals surface area contributed by atoms with Crippen molar-refractivity contribution >= 4 is 21.8 Å². The number of rotatable bonds is 4. The Hall–Kier alpha value is -5.46. The molecule has 0 amide bonds. The summed E-state index contributed by atoms with van der Waals surface area (Å²) in [6.07, 6.45) is 3.55. The van der Waals surface area contributed by atoms with Crippen molar-refractivity contribution in [2.75, 3.05) is 0 Å². The third-order valence-electron chi connectivity index (χ3n) is 8.16. The van der Waals surface area contributed by atoms with Crippen LogP contribution in [-0.2, 0) is 0 Å². The molecule has 7 rings (SSSR count). The molecule has 0 saturated heterocycles. The lowest BCUT2D eigenvalue weighted by Crippen LogP contribution is -2.00.